The molecule has 118 valence electrons. The zero-order valence-corrected chi connectivity index (χ0v) is 13.0. The minimum Gasteiger partial charge on any atom is -0.330 e. The zero-order valence-electron chi connectivity index (χ0n) is 12.2. The molecule has 3 rings (SSSR count). The molecule has 2 atom stereocenters. The summed E-state index contributed by atoms with van der Waals surface area (Å²) in [7, 11) is -3.56. The molecule has 0 amide bonds. The summed E-state index contributed by atoms with van der Waals surface area (Å²) in [5, 5.41) is 4.14. The Balaban J connectivity index is 1.80. The Morgan fingerprint density at radius 2 is 2.05 bits per heavy atom. The molecule has 1 aliphatic carbocycles. The molecular weight excluding hydrogens is 300 g/mol. The predicted octanol–water partition coefficient (Wildman–Crippen LogP) is 1.28. The first-order chi connectivity index (χ1) is 10.6. The fourth-order valence-electron chi connectivity index (χ4n) is 2.91. The van der Waals surface area contributed by atoms with E-state index in [2.05, 4.69) is 9.82 Å². The van der Waals surface area contributed by atoms with Crippen LogP contribution in [0.15, 0.2) is 47.6 Å². The van der Waals surface area contributed by atoms with E-state index in [0.29, 0.717) is 6.54 Å². The van der Waals surface area contributed by atoms with Crippen LogP contribution in [0.1, 0.15) is 19.3 Å². The van der Waals surface area contributed by atoms with Gasteiger partial charge in [0.25, 0.3) is 0 Å². The van der Waals surface area contributed by atoms with Gasteiger partial charge in [-0.3, -0.25) is 0 Å². The summed E-state index contributed by atoms with van der Waals surface area (Å²) in [6.45, 7) is 0.510. The van der Waals surface area contributed by atoms with Gasteiger partial charge in [0.1, 0.15) is 4.90 Å². The molecule has 0 bridgehead atoms. The van der Waals surface area contributed by atoms with Crippen LogP contribution in [0.3, 0.4) is 0 Å². The molecule has 2 unspecified atom stereocenters. The fourth-order valence-corrected chi connectivity index (χ4v) is 4.18. The van der Waals surface area contributed by atoms with Crippen molar-refractivity contribution in [3.05, 3.63) is 42.7 Å². The molecular formula is C15H20N4O2S. The summed E-state index contributed by atoms with van der Waals surface area (Å²) in [6.07, 6.45) is 5.74. The highest BCUT2D eigenvalue weighted by Gasteiger charge is 2.30. The maximum absolute atomic E-state index is 12.5. The SMILES string of the molecule is NCC1CCCC1NS(=O)(=O)c1cnn(-c2ccccc2)c1. The first-order valence-electron chi connectivity index (χ1n) is 7.42. The molecule has 0 aliphatic heterocycles. The standard InChI is InChI=1S/C15H20N4O2S/c16-9-12-5-4-8-15(12)18-22(20,21)14-10-17-19(11-14)13-6-2-1-3-7-13/h1-3,6-7,10-12,15,18H,4-5,8-9,16H2. The lowest BCUT2D eigenvalue weighted by Crippen LogP contribution is -2.39. The number of sulfonamides is 1. The summed E-state index contributed by atoms with van der Waals surface area (Å²) in [4.78, 5) is 0.180. The van der Waals surface area contributed by atoms with Crippen LogP contribution in [-0.4, -0.2) is 30.8 Å². The second-order valence-electron chi connectivity index (χ2n) is 5.61. The Morgan fingerprint density at radius 3 is 2.77 bits per heavy atom. The van der Waals surface area contributed by atoms with E-state index in [1.807, 2.05) is 30.3 Å². The quantitative estimate of drug-likeness (QED) is 0.868. The summed E-state index contributed by atoms with van der Waals surface area (Å²) in [5.74, 6) is 0.221. The third-order valence-electron chi connectivity index (χ3n) is 4.16. The molecule has 1 heterocycles. The largest absolute Gasteiger partial charge is 0.330 e. The smallest absolute Gasteiger partial charge is 0.243 e. The molecule has 0 radical (unpaired) electrons. The Morgan fingerprint density at radius 1 is 1.27 bits per heavy atom. The van der Waals surface area contributed by atoms with Gasteiger partial charge < -0.3 is 5.73 Å². The minimum absolute atomic E-state index is 0.0740. The molecule has 7 heteroatoms. The number of hydrogen-bond donors (Lipinski definition) is 2. The van der Waals surface area contributed by atoms with Gasteiger partial charge in [0.15, 0.2) is 0 Å². The van der Waals surface area contributed by atoms with Crippen LogP contribution in [0.4, 0.5) is 0 Å². The van der Waals surface area contributed by atoms with Crippen LogP contribution >= 0.6 is 0 Å². The highest BCUT2D eigenvalue weighted by molar-refractivity contribution is 7.89. The molecule has 1 aromatic carbocycles. The monoisotopic (exact) mass is 320 g/mol. The van der Waals surface area contributed by atoms with E-state index in [4.69, 9.17) is 5.73 Å². The van der Waals surface area contributed by atoms with Crippen molar-refractivity contribution in [1.82, 2.24) is 14.5 Å². The molecule has 6 nitrogen and oxygen atoms in total. The topological polar surface area (TPSA) is 90.0 Å². The van der Waals surface area contributed by atoms with E-state index < -0.39 is 10.0 Å². The van der Waals surface area contributed by atoms with E-state index in [0.717, 1.165) is 24.9 Å². The Labute approximate surface area is 130 Å². The van der Waals surface area contributed by atoms with Gasteiger partial charge in [-0.05, 0) is 37.4 Å². The van der Waals surface area contributed by atoms with Crippen molar-refractivity contribution in [3.63, 3.8) is 0 Å². The van der Waals surface area contributed by atoms with Crippen LogP contribution in [-0.2, 0) is 10.0 Å². The molecule has 1 aromatic heterocycles. The van der Waals surface area contributed by atoms with Crippen molar-refractivity contribution in [2.45, 2.75) is 30.2 Å². The third kappa shape index (κ3) is 3.06. The van der Waals surface area contributed by atoms with E-state index >= 15 is 0 Å². The van der Waals surface area contributed by atoms with Gasteiger partial charge >= 0.3 is 0 Å². The minimum atomic E-state index is -3.56. The van der Waals surface area contributed by atoms with Gasteiger partial charge in [-0.15, -0.1) is 0 Å². The maximum atomic E-state index is 12.5. The van der Waals surface area contributed by atoms with Crippen LogP contribution in [0.25, 0.3) is 5.69 Å². The molecule has 1 fully saturated rings. The fraction of sp³-hybridized carbons (Fsp3) is 0.400. The van der Waals surface area contributed by atoms with Gasteiger partial charge in [-0.2, -0.15) is 5.10 Å². The Hall–Kier alpha value is -1.70. The number of aromatic nitrogens is 2. The van der Waals surface area contributed by atoms with Crippen molar-refractivity contribution in [2.75, 3.05) is 6.54 Å². The molecule has 3 N–H and O–H groups in total. The first-order valence-corrected chi connectivity index (χ1v) is 8.91. The molecule has 1 saturated carbocycles. The van der Waals surface area contributed by atoms with Crippen molar-refractivity contribution < 1.29 is 8.42 Å². The number of rotatable bonds is 5. The van der Waals surface area contributed by atoms with E-state index in [1.54, 1.807) is 4.68 Å². The van der Waals surface area contributed by atoms with E-state index in [-0.39, 0.29) is 16.9 Å². The second-order valence-corrected chi connectivity index (χ2v) is 7.32. The number of nitrogens with zero attached hydrogens (tertiary/aromatic N) is 2. The van der Waals surface area contributed by atoms with Gasteiger partial charge in [-0.1, -0.05) is 24.6 Å². The summed E-state index contributed by atoms with van der Waals surface area (Å²) in [6, 6.07) is 9.34. The number of hydrogen-bond acceptors (Lipinski definition) is 4. The maximum Gasteiger partial charge on any atom is 0.243 e. The normalized spacial score (nSPS) is 22.0. The lowest BCUT2D eigenvalue weighted by Gasteiger charge is -2.18. The van der Waals surface area contributed by atoms with E-state index in [9.17, 15) is 8.42 Å². The third-order valence-corrected chi connectivity index (χ3v) is 5.60. The zero-order chi connectivity index (χ0) is 15.6. The highest BCUT2D eigenvalue weighted by Crippen LogP contribution is 2.26. The van der Waals surface area contributed by atoms with Crippen molar-refractivity contribution >= 4 is 10.0 Å². The van der Waals surface area contributed by atoms with Gasteiger partial charge in [0.2, 0.25) is 10.0 Å². The van der Waals surface area contributed by atoms with Crippen LogP contribution in [0.5, 0.6) is 0 Å². The second kappa shape index (κ2) is 6.20. The summed E-state index contributed by atoms with van der Waals surface area (Å²) in [5.41, 5.74) is 6.53. The Bertz CT molecular complexity index is 727. The molecule has 0 spiro atoms. The Kier molecular flexibility index (Phi) is 4.28. The van der Waals surface area contributed by atoms with Gasteiger partial charge in [0, 0.05) is 6.04 Å². The highest BCUT2D eigenvalue weighted by atomic mass is 32.2. The lowest BCUT2D eigenvalue weighted by molar-refractivity contribution is 0.453. The summed E-state index contributed by atoms with van der Waals surface area (Å²) >= 11 is 0. The van der Waals surface area contributed by atoms with Crippen LogP contribution < -0.4 is 10.5 Å². The number of nitrogens with two attached hydrogens (primary N) is 1. The predicted molar refractivity (Wildman–Crippen MR) is 84.1 cm³/mol. The number of benzene rings is 1. The molecule has 0 saturated heterocycles. The summed E-state index contributed by atoms with van der Waals surface area (Å²) < 4.78 is 29.3. The molecule has 22 heavy (non-hydrogen) atoms. The van der Waals surface area contributed by atoms with Gasteiger partial charge in [0.05, 0.1) is 18.1 Å². The van der Waals surface area contributed by atoms with Crippen molar-refractivity contribution in [2.24, 2.45) is 11.7 Å². The number of nitrogens with one attached hydrogen (secondary N) is 1. The molecule has 2 aromatic rings. The average Bonchev–Trinajstić information content (AvgIpc) is 3.17. The van der Waals surface area contributed by atoms with Crippen LogP contribution in [0, 0.1) is 5.92 Å². The van der Waals surface area contributed by atoms with Crippen LogP contribution in [0.2, 0.25) is 0 Å². The van der Waals surface area contributed by atoms with E-state index in [1.165, 1.54) is 12.4 Å². The van der Waals surface area contributed by atoms with Gasteiger partial charge in [-0.25, -0.2) is 17.8 Å². The molecule has 1 aliphatic rings. The average molecular weight is 320 g/mol. The number of para-hydroxylation sites is 1. The first kappa shape index (κ1) is 15.2. The van der Waals surface area contributed by atoms with Crippen molar-refractivity contribution in [3.8, 4) is 5.69 Å². The lowest BCUT2D eigenvalue weighted by atomic mass is 10.1. The van der Waals surface area contributed by atoms with Crippen molar-refractivity contribution in [1.29, 1.82) is 0 Å².